The zero-order chi connectivity index (χ0) is 13.4. The minimum Gasteiger partial charge on any atom is -0.399 e. The lowest BCUT2D eigenvalue weighted by atomic mass is 10.1. The molecule has 0 bridgehead atoms. The van der Waals surface area contributed by atoms with E-state index < -0.39 is 0 Å². The van der Waals surface area contributed by atoms with E-state index in [2.05, 4.69) is 10.6 Å². The van der Waals surface area contributed by atoms with Crippen LogP contribution in [0.5, 0.6) is 0 Å². The Hall–Kier alpha value is -2.08. The molecule has 0 unspecified atom stereocenters. The van der Waals surface area contributed by atoms with E-state index in [1.54, 1.807) is 0 Å². The molecule has 0 aliphatic rings. The maximum atomic E-state index is 11.3. The molecule has 1 aromatic rings. The van der Waals surface area contributed by atoms with Gasteiger partial charge in [0.2, 0.25) is 11.8 Å². The van der Waals surface area contributed by atoms with E-state index in [0.717, 1.165) is 12.0 Å². The zero-order valence-electron chi connectivity index (χ0n) is 10.1. The highest BCUT2D eigenvalue weighted by Gasteiger charge is 2.03. The van der Waals surface area contributed by atoms with Crippen molar-refractivity contribution in [1.82, 2.24) is 10.6 Å². The Balaban J connectivity index is 2.19. The lowest BCUT2D eigenvalue weighted by molar-refractivity contribution is -0.125. The second kappa shape index (κ2) is 7.29. The Morgan fingerprint density at radius 1 is 1.06 bits per heavy atom. The molecule has 18 heavy (non-hydrogen) atoms. The van der Waals surface area contributed by atoms with Gasteiger partial charge in [0.15, 0.2) is 0 Å². The Bertz CT molecular complexity index is 403. The quantitative estimate of drug-likeness (QED) is 0.485. The van der Waals surface area contributed by atoms with E-state index in [4.69, 9.17) is 11.5 Å². The van der Waals surface area contributed by atoms with Crippen molar-refractivity contribution >= 4 is 17.5 Å². The summed E-state index contributed by atoms with van der Waals surface area (Å²) in [4.78, 5) is 22.1. The van der Waals surface area contributed by atoms with E-state index in [1.165, 1.54) is 0 Å². The number of nitrogens with one attached hydrogen (secondary N) is 2. The fourth-order valence-corrected chi connectivity index (χ4v) is 1.34. The third kappa shape index (κ3) is 5.31. The number of anilines is 1. The molecule has 0 saturated heterocycles. The Labute approximate surface area is 106 Å². The van der Waals surface area contributed by atoms with Crippen molar-refractivity contribution in [2.24, 2.45) is 5.73 Å². The molecule has 0 heterocycles. The van der Waals surface area contributed by atoms with Crippen LogP contribution in [0, 0.1) is 0 Å². The number of hydrogen-bond acceptors (Lipinski definition) is 4. The van der Waals surface area contributed by atoms with Gasteiger partial charge in [0, 0.05) is 12.2 Å². The minimum atomic E-state index is -0.344. The number of benzene rings is 1. The van der Waals surface area contributed by atoms with Gasteiger partial charge in [-0.1, -0.05) is 12.1 Å². The first-order valence-electron chi connectivity index (χ1n) is 5.69. The summed E-state index contributed by atoms with van der Waals surface area (Å²) < 4.78 is 0. The number of carbonyl (C=O) groups is 2. The van der Waals surface area contributed by atoms with Crippen molar-refractivity contribution in [2.75, 3.05) is 25.4 Å². The lowest BCUT2D eigenvalue weighted by Gasteiger charge is -2.06. The Morgan fingerprint density at radius 2 is 1.72 bits per heavy atom. The van der Waals surface area contributed by atoms with E-state index >= 15 is 0 Å². The average molecular weight is 250 g/mol. The number of nitrogens with two attached hydrogens (primary N) is 2. The van der Waals surface area contributed by atoms with Gasteiger partial charge < -0.3 is 22.1 Å². The molecule has 0 fully saturated rings. The summed E-state index contributed by atoms with van der Waals surface area (Å²) in [6, 6.07) is 7.46. The number of rotatable bonds is 6. The van der Waals surface area contributed by atoms with Gasteiger partial charge in [-0.2, -0.15) is 0 Å². The van der Waals surface area contributed by atoms with Gasteiger partial charge in [0.1, 0.15) is 0 Å². The van der Waals surface area contributed by atoms with Gasteiger partial charge in [-0.05, 0) is 24.1 Å². The summed E-state index contributed by atoms with van der Waals surface area (Å²) in [5, 5.41) is 5.10. The normalized spacial score (nSPS) is 9.83. The minimum absolute atomic E-state index is 0.0439. The Morgan fingerprint density at radius 3 is 2.33 bits per heavy atom. The third-order valence-corrected chi connectivity index (χ3v) is 2.35. The topological polar surface area (TPSA) is 110 Å². The third-order valence-electron chi connectivity index (χ3n) is 2.35. The van der Waals surface area contributed by atoms with Crippen LogP contribution in [0.1, 0.15) is 5.56 Å². The first kappa shape index (κ1) is 14.0. The van der Waals surface area contributed by atoms with Gasteiger partial charge >= 0.3 is 0 Å². The fraction of sp³-hybridized carbons (Fsp3) is 0.333. The largest absolute Gasteiger partial charge is 0.399 e. The molecule has 0 aromatic heterocycles. The van der Waals surface area contributed by atoms with E-state index in [0.29, 0.717) is 12.2 Å². The zero-order valence-corrected chi connectivity index (χ0v) is 10.1. The van der Waals surface area contributed by atoms with Crippen LogP contribution in [0.4, 0.5) is 5.69 Å². The standard InChI is InChI=1S/C12H18N4O2/c13-7-11(17)16-8-12(18)15-6-5-9-1-3-10(14)4-2-9/h1-4H,5-8,13-14H2,(H,15,18)(H,16,17). The van der Waals surface area contributed by atoms with Crippen molar-refractivity contribution < 1.29 is 9.59 Å². The van der Waals surface area contributed by atoms with E-state index in [9.17, 15) is 9.59 Å². The molecule has 0 aliphatic heterocycles. The van der Waals surface area contributed by atoms with Crippen LogP contribution in [-0.2, 0) is 16.0 Å². The molecule has 6 N–H and O–H groups in total. The molecule has 0 spiro atoms. The molecule has 0 radical (unpaired) electrons. The molecule has 98 valence electrons. The van der Waals surface area contributed by atoms with Crippen molar-refractivity contribution in [3.8, 4) is 0 Å². The van der Waals surface area contributed by atoms with Crippen molar-refractivity contribution in [2.45, 2.75) is 6.42 Å². The monoisotopic (exact) mass is 250 g/mol. The SMILES string of the molecule is NCC(=O)NCC(=O)NCCc1ccc(N)cc1. The summed E-state index contributed by atoms with van der Waals surface area (Å²) >= 11 is 0. The van der Waals surface area contributed by atoms with Crippen LogP contribution in [0.25, 0.3) is 0 Å². The molecule has 0 saturated carbocycles. The average Bonchev–Trinajstić information content (AvgIpc) is 2.38. The van der Waals surface area contributed by atoms with Crippen molar-refractivity contribution in [1.29, 1.82) is 0 Å². The molecular formula is C12H18N4O2. The summed E-state index contributed by atoms with van der Waals surface area (Å²) in [5.41, 5.74) is 12.5. The molecule has 1 aromatic carbocycles. The Kier molecular flexibility index (Phi) is 5.66. The second-order valence-corrected chi connectivity index (χ2v) is 3.82. The number of carbonyl (C=O) groups excluding carboxylic acids is 2. The highest BCUT2D eigenvalue weighted by Crippen LogP contribution is 2.05. The van der Waals surface area contributed by atoms with Crippen LogP contribution in [0.2, 0.25) is 0 Å². The predicted octanol–water partition coefficient (Wildman–Crippen LogP) is -0.998. The first-order chi connectivity index (χ1) is 8.61. The van der Waals surface area contributed by atoms with E-state index in [-0.39, 0.29) is 24.9 Å². The van der Waals surface area contributed by atoms with Gasteiger partial charge in [0.05, 0.1) is 13.1 Å². The van der Waals surface area contributed by atoms with E-state index in [1.807, 2.05) is 24.3 Å². The van der Waals surface area contributed by atoms with Crippen LogP contribution >= 0.6 is 0 Å². The summed E-state index contributed by atoms with van der Waals surface area (Å²) in [5.74, 6) is -0.573. The van der Waals surface area contributed by atoms with Crippen LogP contribution in [-0.4, -0.2) is 31.4 Å². The smallest absolute Gasteiger partial charge is 0.239 e. The van der Waals surface area contributed by atoms with Crippen molar-refractivity contribution in [3.05, 3.63) is 29.8 Å². The number of amides is 2. The summed E-state index contributed by atoms with van der Waals surface area (Å²) in [6.45, 7) is 0.359. The lowest BCUT2D eigenvalue weighted by Crippen LogP contribution is -2.40. The van der Waals surface area contributed by atoms with Gasteiger partial charge in [-0.3, -0.25) is 9.59 Å². The molecule has 0 aliphatic carbocycles. The fourth-order valence-electron chi connectivity index (χ4n) is 1.34. The molecular weight excluding hydrogens is 232 g/mol. The number of hydrogen-bond donors (Lipinski definition) is 4. The van der Waals surface area contributed by atoms with Gasteiger partial charge in [-0.25, -0.2) is 0 Å². The second-order valence-electron chi connectivity index (χ2n) is 3.82. The molecule has 6 heteroatoms. The van der Waals surface area contributed by atoms with Gasteiger partial charge in [-0.15, -0.1) is 0 Å². The molecule has 6 nitrogen and oxygen atoms in total. The molecule has 0 atom stereocenters. The number of nitrogen functional groups attached to an aromatic ring is 1. The highest BCUT2D eigenvalue weighted by atomic mass is 16.2. The maximum absolute atomic E-state index is 11.3. The maximum Gasteiger partial charge on any atom is 0.239 e. The highest BCUT2D eigenvalue weighted by molar-refractivity contribution is 5.85. The molecule has 1 rings (SSSR count). The van der Waals surface area contributed by atoms with Gasteiger partial charge in [0.25, 0.3) is 0 Å². The van der Waals surface area contributed by atoms with Crippen LogP contribution in [0.3, 0.4) is 0 Å². The van der Waals surface area contributed by atoms with Crippen LogP contribution < -0.4 is 22.1 Å². The summed E-state index contributed by atoms with van der Waals surface area (Å²) in [6.07, 6.45) is 0.719. The van der Waals surface area contributed by atoms with Crippen LogP contribution in [0.15, 0.2) is 24.3 Å². The van der Waals surface area contributed by atoms with Crippen molar-refractivity contribution in [3.63, 3.8) is 0 Å². The first-order valence-corrected chi connectivity index (χ1v) is 5.69. The molecule has 2 amide bonds. The predicted molar refractivity (Wildman–Crippen MR) is 69.6 cm³/mol. The summed E-state index contributed by atoms with van der Waals surface area (Å²) in [7, 11) is 0.